The first-order valence-corrected chi connectivity index (χ1v) is 10.2. The summed E-state index contributed by atoms with van der Waals surface area (Å²) < 4.78 is 0. The molecule has 2 aromatic carbocycles. The highest BCUT2D eigenvalue weighted by molar-refractivity contribution is 6.11. The Hall–Kier alpha value is -2.20. The standard InChI is InChI=1S/C23H33N3O/c1-3-5-15-26(16-6-4-2)17-9-14-25-23(27)22-13-12-19(18-24)20-10-7-8-11-21(20)22/h7-8,10-13,18,24H,3-6,9,14-17H2,1-2H3,(H,25,27). The van der Waals surface area contributed by atoms with Crippen LogP contribution in [0.4, 0.5) is 0 Å². The Kier molecular flexibility index (Phi) is 8.99. The molecule has 1 amide bonds. The Balaban J connectivity index is 1.92. The summed E-state index contributed by atoms with van der Waals surface area (Å²) in [6.07, 6.45) is 7.22. The maximum Gasteiger partial charge on any atom is 0.251 e. The zero-order valence-electron chi connectivity index (χ0n) is 16.8. The molecule has 2 aromatic rings. The minimum atomic E-state index is -0.0311. The fraction of sp³-hybridized carbons (Fsp3) is 0.478. The van der Waals surface area contributed by atoms with Gasteiger partial charge in [0, 0.05) is 18.3 Å². The number of unbranched alkanes of at least 4 members (excludes halogenated alkanes) is 2. The molecule has 2 rings (SSSR count). The first-order valence-electron chi connectivity index (χ1n) is 10.2. The molecule has 0 aliphatic heterocycles. The van der Waals surface area contributed by atoms with Gasteiger partial charge < -0.3 is 15.6 Å². The summed E-state index contributed by atoms with van der Waals surface area (Å²) in [6, 6.07) is 11.5. The van der Waals surface area contributed by atoms with Crippen molar-refractivity contribution in [1.82, 2.24) is 10.2 Å². The van der Waals surface area contributed by atoms with Crippen LogP contribution in [0.5, 0.6) is 0 Å². The van der Waals surface area contributed by atoms with Gasteiger partial charge in [0.05, 0.1) is 0 Å². The third-order valence-electron chi connectivity index (χ3n) is 4.95. The van der Waals surface area contributed by atoms with Crippen LogP contribution in [0.15, 0.2) is 36.4 Å². The summed E-state index contributed by atoms with van der Waals surface area (Å²) in [5, 5.41) is 12.5. The van der Waals surface area contributed by atoms with Crippen molar-refractivity contribution >= 4 is 22.9 Å². The van der Waals surface area contributed by atoms with E-state index in [2.05, 4.69) is 24.1 Å². The van der Waals surface area contributed by atoms with Gasteiger partial charge in [-0.05, 0) is 61.3 Å². The van der Waals surface area contributed by atoms with Gasteiger partial charge in [0.25, 0.3) is 5.91 Å². The Morgan fingerprint density at radius 1 is 0.963 bits per heavy atom. The Morgan fingerprint density at radius 3 is 2.22 bits per heavy atom. The summed E-state index contributed by atoms with van der Waals surface area (Å²) in [7, 11) is 0. The quantitative estimate of drug-likeness (QED) is 0.416. The maximum atomic E-state index is 12.7. The maximum absolute atomic E-state index is 12.7. The normalized spacial score (nSPS) is 11.1. The Morgan fingerprint density at radius 2 is 1.59 bits per heavy atom. The number of fused-ring (bicyclic) bond motifs is 1. The minimum Gasteiger partial charge on any atom is -0.352 e. The molecule has 0 heterocycles. The zero-order valence-corrected chi connectivity index (χ0v) is 16.8. The molecule has 27 heavy (non-hydrogen) atoms. The first kappa shape index (κ1) is 21.1. The zero-order chi connectivity index (χ0) is 19.5. The van der Waals surface area contributed by atoms with Gasteiger partial charge in [0.1, 0.15) is 0 Å². The van der Waals surface area contributed by atoms with E-state index in [1.54, 1.807) is 0 Å². The van der Waals surface area contributed by atoms with Crippen molar-refractivity contribution in [2.45, 2.75) is 46.0 Å². The number of hydrogen-bond donors (Lipinski definition) is 2. The third-order valence-corrected chi connectivity index (χ3v) is 4.95. The van der Waals surface area contributed by atoms with Gasteiger partial charge in [-0.2, -0.15) is 0 Å². The number of carbonyl (C=O) groups excluding carboxylic acids is 1. The molecule has 0 aliphatic rings. The second-order valence-corrected chi connectivity index (χ2v) is 7.05. The van der Waals surface area contributed by atoms with Gasteiger partial charge in [-0.1, -0.05) is 57.0 Å². The van der Waals surface area contributed by atoms with Crippen LogP contribution < -0.4 is 5.32 Å². The average molecular weight is 368 g/mol. The van der Waals surface area contributed by atoms with Gasteiger partial charge in [-0.25, -0.2) is 0 Å². The van der Waals surface area contributed by atoms with Gasteiger partial charge in [-0.3, -0.25) is 4.79 Å². The molecule has 2 N–H and O–H groups in total. The predicted molar refractivity (Wildman–Crippen MR) is 115 cm³/mol. The molecule has 4 nitrogen and oxygen atoms in total. The number of nitrogens with zero attached hydrogens (tertiary/aromatic N) is 1. The van der Waals surface area contributed by atoms with Crippen LogP contribution in [0.1, 0.15) is 61.9 Å². The lowest BCUT2D eigenvalue weighted by atomic mass is 9.99. The Labute approximate surface area is 163 Å². The molecule has 0 bridgehead atoms. The molecular formula is C23H33N3O. The summed E-state index contributed by atoms with van der Waals surface area (Å²) in [6.45, 7) is 8.49. The van der Waals surface area contributed by atoms with E-state index in [0.717, 1.165) is 42.4 Å². The summed E-state index contributed by atoms with van der Waals surface area (Å²) in [4.78, 5) is 15.2. The lowest BCUT2D eigenvalue weighted by Crippen LogP contribution is -2.31. The van der Waals surface area contributed by atoms with E-state index in [0.29, 0.717) is 12.1 Å². The van der Waals surface area contributed by atoms with Crippen LogP contribution in [0.2, 0.25) is 0 Å². The van der Waals surface area contributed by atoms with E-state index in [4.69, 9.17) is 5.41 Å². The van der Waals surface area contributed by atoms with Gasteiger partial charge in [0.2, 0.25) is 0 Å². The van der Waals surface area contributed by atoms with E-state index in [1.165, 1.54) is 31.9 Å². The number of amides is 1. The lowest BCUT2D eigenvalue weighted by Gasteiger charge is -2.22. The third kappa shape index (κ3) is 6.17. The minimum absolute atomic E-state index is 0.0311. The second kappa shape index (κ2) is 11.5. The lowest BCUT2D eigenvalue weighted by molar-refractivity contribution is 0.0953. The van der Waals surface area contributed by atoms with Crippen LogP contribution in [-0.2, 0) is 0 Å². The number of hydrogen-bond acceptors (Lipinski definition) is 3. The monoisotopic (exact) mass is 367 g/mol. The highest BCUT2D eigenvalue weighted by Gasteiger charge is 2.11. The molecule has 0 atom stereocenters. The van der Waals surface area contributed by atoms with Crippen molar-refractivity contribution in [2.24, 2.45) is 0 Å². The fourth-order valence-electron chi connectivity index (χ4n) is 3.34. The van der Waals surface area contributed by atoms with Crippen molar-refractivity contribution < 1.29 is 4.79 Å². The predicted octanol–water partition coefficient (Wildman–Crippen LogP) is 4.86. The summed E-state index contributed by atoms with van der Waals surface area (Å²) in [5.74, 6) is -0.0311. The highest BCUT2D eigenvalue weighted by atomic mass is 16.1. The molecule has 0 saturated heterocycles. The SMILES string of the molecule is CCCCN(CCCC)CCCNC(=O)c1ccc(C=N)c2ccccc12. The van der Waals surface area contributed by atoms with Crippen LogP contribution >= 0.6 is 0 Å². The molecule has 0 aromatic heterocycles. The molecular weight excluding hydrogens is 334 g/mol. The van der Waals surface area contributed by atoms with Crippen molar-refractivity contribution in [2.75, 3.05) is 26.2 Å². The second-order valence-electron chi connectivity index (χ2n) is 7.05. The number of carbonyl (C=O) groups is 1. The number of nitrogens with one attached hydrogen (secondary N) is 2. The van der Waals surface area contributed by atoms with E-state index < -0.39 is 0 Å². The fourth-order valence-corrected chi connectivity index (χ4v) is 3.34. The van der Waals surface area contributed by atoms with E-state index in [-0.39, 0.29) is 5.91 Å². The topological polar surface area (TPSA) is 56.2 Å². The van der Waals surface area contributed by atoms with Gasteiger partial charge >= 0.3 is 0 Å². The Bertz CT molecular complexity index is 733. The molecule has 146 valence electrons. The molecule has 4 heteroatoms. The van der Waals surface area contributed by atoms with Crippen LogP contribution in [0.3, 0.4) is 0 Å². The van der Waals surface area contributed by atoms with Crippen molar-refractivity contribution in [3.8, 4) is 0 Å². The highest BCUT2D eigenvalue weighted by Crippen LogP contribution is 2.21. The van der Waals surface area contributed by atoms with Crippen LogP contribution in [0.25, 0.3) is 10.8 Å². The summed E-state index contributed by atoms with van der Waals surface area (Å²) in [5.41, 5.74) is 1.52. The number of rotatable bonds is 12. The van der Waals surface area contributed by atoms with E-state index in [9.17, 15) is 4.79 Å². The molecule has 0 unspecified atom stereocenters. The van der Waals surface area contributed by atoms with Crippen molar-refractivity contribution in [3.05, 3.63) is 47.5 Å². The molecule has 0 radical (unpaired) electrons. The molecule has 0 fully saturated rings. The average Bonchev–Trinajstić information content (AvgIpc) is 2.71. The first-order chi connectivity index (χ1) is 13.2. The largest absolute Gasteiger partial charge is 0.352 e. The van der Waals surface area contributed by atoms with E-state index in [1.807, 2.05) is 36.4 Å². The van der Waals surface area contributed by atoms with E-state index >= 15 is 0 Å². The molecule has 0 saturated carbocycles. The van der Waals surface area contributed by atoms with Gasteiger partial charge in [-0.15, -0.1) is 0 Å². The molecule has 0 spiro atoms. The van der Waals surface area contributed by atoms with Crippen molar-refractivity contribution in [3.63, 3.8) is 0 Å². The van der Waals surface area contributed by atoms with Gasteiger partial charge in [0.15, 0.2) is 0 Å². The molecule has 0 aliphatic carbocycles. The smallest absolute Gasteiger partial charge is 0.251 e. The summed E-state index contributed by atoms with van der Waals surface area (Å²) >= 11 is 0. The van der Waals surface area contributed by atoms with Crippen molar-refractivity contribution in [1.29, 1.82) is 5.41 Å². The van der Waals surface area contributed by atoms with Crippen LogP contribution in [0, 0.1) is 5.41 Å². The van der Waals surface area contributed by atoms with Crippen LogP contribution in [-0.4, -0.2) is 43.2 Å². The number of benzene rings is 2.